The third-order valence-corrected chi connectivity index (χ3v) is 3.93. The van der Waals surface area contributed by atoms with Crippen LogP contribution in [0, 0.1) is 0 Å². The van der Waals surface area contributed by atoms with Crippen LogP contribution in [0.2, 0.25) is 0 Å². The number of nitrogens with zero attached hydrogens (tertiary/aromatic N) is 4. The van der Waals surface area contributed by atoms with Gasteiger partial charge in [-0.05, 0) is 23.9 Å². The van der Waals surface area contributed by atoms with Crippen molar-refractivity contribution in [3.05, 3.63) is 40.3 Å². The van der Waals surface area contributed by atoms with Crippen LogP contribution in [0.3, 0.4) is 0 Å². The summed E-state index contributed by atoms with van der Waals surface area (Å²) in [7, 11) is 0. The van der Waals surface area contributed by atoms with Gasteiger partial charge in [-0.25, -0.2) is 0 Å². The number of rotatable bonds is 10. The Kier molecular flexibility index (Phi) is 9.11. The molecule has 25 heavy (non-hydrogen) atoms. The van der Waals surface area contributed by atoms with Crippen LogP contribution in [0.4, 0.5) is 5.69 Å². The fraction of sp³-hybridized carbons (Fsp3) is 0.556. The van der Waals surface area contributed by atoms with E-state index in [0.29, 0.717) is 24.3 Å². The average Bonchev–Trinajstić information content (AvgIpc) is 2.59. The minimum Gasteiger partial charge on any atom is -0.354 e. The molecule has 0 fully saturated rings. The lowest BCUT2D eigenvalue weighted by Gasteiger charge is -2.31. The van der Waals surface area contributed by atoms with Crippen molar-refractivity contribution in [3.8, 4) is 0 Å². The SMILES string of the molecule is CCCCNC(=O)C(c1ccccc1N=[N+]=[N-])N(CCCC)C(C)=O. The van der Waals surface area contributed by atoms with Crippen molar-refractivity contribution in [1.82, 2.24) is 10.2 Å². The minimum absolute atomic E-state index is 0.181. The Hall–Kier alpha value is -2.53. The van der Waals surface area contributed by atoms with Crippen molar-refractivity contribution in [1.29, 1.82) is 0 Å². The van der Waals surface area contributed by atoms with Gasteiger partial charge in [0.1, 0.15) is 6.04 Å². The number of carbonyl (C=O) groups excluding carboxylic acids is 2. The monoisotopic (exact) mass is 345 g/mol. The van der Waals surface area contributed by atoms with Gasteiger partial charge < -0.3 is 10.2 Å². The van der Waals surface area contributed by atoms with Gasteiger partial charge in [0.15, 0.2) is 0 Å². The topological polar surface area (TPSA) is 98.2 Å². The van der Waals surface area contributed by atoms with E-state index in [-0.39, 0.29) is 11.8 Å². The zero-order valence-corrected chi connectivity index (χ0v) is 15.2. The number of hydrogen-bond donors (Lipinski definition) is 1. The average molecular weight is 345 g/mol. The van der Waals surface area contributed by atoms with Crippen LogP contribution in [-0.4, -0.2) is 29.8 Å². The van der Waals surface area contributed by atoms with Crippen molar-refractivity contribution >= 4 is 17.5 Å². The maximum Gasteiger partial charge on any atom is 0.247 e. The standard InChI is InChI=1S/C18H27N5O2/c1-4-6-12-20-18(25)17(23(14(3)24)13-7-5-2)15-10-8-9-11-16(15)21-22-19/h8-11,17H,4-7,12-13H2,1-3H3,(H,20,25). The number of amides is 2. The molecule has 0 aromatic heterocycles. The maximum absolute atomic E-state index is 12.8. The number of carbonyl (C=O) groups is 2. The quantitative estimate of drug-likeness (QED) is 0.297. The fourth-order valence-corrected chi connectivity index (χ4v) is 2.59. The summed E-state index contributed by atoms with van der Waals surface area (Å²) in [6.45, 7) is 6.56. The van der Waals surface area contributed by atoms with E-state index < -0.39 is 6.04 Å². The summed E-state index contributed by atoms with van der Waals surface area (Å²) in [5.74, 6) is -0.430. The van der Waals surface area contributed by atoms with Gasteiger partial charge in [0.05, 0.1) is 0 Å². The number of nitrogens with one attached hydrogen (secondary N) is 1. The Morgan fingerprint density at radius 1 is 1.24 bits per heavy atom. The molecule has 0 spiro atoms. The molecule has 0 heterocycles. The second-order valence-electron chi connectivity index (χ2n) is 5.86. The zero-order chi connectivity index (χ0) is 18.7. The predicted octanol–water partition coefficient (Wildman–Crippen LogP) is 4.23. The number of benzene rings is 1. The van der Waals surface area contributed by atoms with E-state index in [0.717, 1.165) is 25.7 Å². The second kappa shape index (κ2) is 11.1. The van der Waals surface area contributed by atoms with Gasteiger partial charge in [-0.2, -0.15) is 0 Å². The molecule has 0 saturated carbocycles. The first-order chi connectivity index (χ1) is 12.1. The van der Waals surface area contributed by atoms with E-state index in [9.17, 15) is 9.59 Å². The van der Waals surface area contributed by atoms with Crippen LogP contribution in [0.25, 0.3) is 10.4 Å². The van der Waals surface area contributed by atoms with Gasteiger partial charge in [0.2, 0.25) is 11.8 Å². The highest BCUT2D eigenvalue weighted by Crippen LogP contribution is 2.30. The lowest BCUT2D eigenvalue weighted by molar-refractivity contribution is -0.139. The third-order valence-electron chi connectivity index (χ3n) is 3.93. The molecule has 1 N–H and O–H groups in total. The molecule has 7 heteroatoms. The second-order valence-corrected chi connectivity index (χ2v) is 5.86. The van der Waals surface area contributed by atoms with Crippen LogP contribution in [0.1, 0.15) is 58.1 Å². The summed E-state index contributed by atoms with van der Waals surface area (Å²) in [5.41, 5.74) is 9.71. The van der Waals surface area contributed by atoms with Crippen LogP contribution in [-0.2, 0) is 9.59 Å². The Morgan fingerprint density at radius 2 is 1.92 bits per heavy atom. The first-order valence-corrected chi connectivity index (χ1v) is 8.75. The fourth-order valence-electron chi connectivity index (χ4n) is 2.59. The molecule has 0 bridgehead atoms. The van der Waals surface area contributed by atoms with Gasteiger partial charge in [-0.15, -0.1) is 0 Å². The first kappa shape index (κ1) is 20.5. The first-order valence-electron chi connectivity index (χ1n) is 8.75. The molecule has 0 saturated heterocycles. The highest BCUT2D eigenvalue weighted by atomic mass is 16.2. The lowest BCUT2D eigenvalue weighted by atomic mass is 10.0. The normalized spacial score (nSPS) is 11.3. The molecular formula is C18H27N5O2. The smallest absolute Gasteiger partial charge is 0.247 e. The van der Waals surface area contributed by atoms with Gasteiger partial charge in [-0.3, -0.25) is 9.59 Å². The number of hydrogen-bond acceptors (Lipinski definition) is 3. The Labute approximate surface area is 149 Å². The summed E-state index contributed by atoms with van der Waals surface area (Å²) < 4.78 is 0. The van der Waals surface area contributed by atoms with Gasteiger partial charge >= 0.3 is 0 Å². The van der Waals surface area contributed by atoms with Crippen molar-refractivity contribution in [2.75, 3.05) is 13.1 Å². The Bertz CT molecular complexity index is 626. The highest BCUT2D eigenvalue weighted by molar-refractivity contribution is 5.89. The maximum atomic E-state index is 12.8. The van der Waals surface area contributed by atoms with E-state index in [4.69, 9.17) is 5.53 Å². The largest absolute Gasteiger partial charge is 0.354 e. The molecule has 7 nitrogen and oxygen atoms in total. The van der Waals surface area contributed by atoms with E-state index in [1.54, 1.807) is 29.2 Å². The summed E-state index contributed by atoms with van der Waals surface area (Å²) in [4.78, 5) is 29.4. The summed E-state index contributed by atoms with van der Waals surface area (Å²) >= 11 is 0. The van der Waals surface area contributed by atoms with Gasteiger partial charge in [-0.1, -0.05) is 56.1 Å². The Balaban J connectivity index is 3.28. The molecule has 1 atom stereocenters. The van der Waals surface area contributed by atoms with Crippen LogP contribution >= 0.6 is 0 Å². The van der Waals surface area contributed by atoms with Gasteiger partial charge in [0.25, 0.3) is 0 Å². The van der Waals surface area contributed by atoms with Crippen molar-refractivity contribution < 1.29 is 9.59 Å². The van der Waals surface area contributed by atoms with Gasteiger partial charge in [0, 0.05) is 30.6 Å². The number of azide groups is 1. The predicted molar refractivity (Wildman–Crippen MR) is 98.2 cm³/mol. The molecule has 1 rings (SSSR count). The molecule has 2 amide bonds. The molecule has 0 aliphatic rings. The molecule has 1 aromatic rings. The van der Waals surface area contributed by atoms with Crippen LogP contribution < -0.4 is 5.32 Å². The highest BCUT2D eigenvalue weighted by Gasteiger charge is 2.30. The van der Waals surface area contributed by atoms with E-state index in [1.165, 1.54) is 6.92 Å². The zero-order valence-electron chi connectivity index (χ0n) is 15.2. The molecule has 136 valence electrons. The van der Waals surface area contributed by atoms with E-state index in [2.05, 4.69) is 15.3 Å². The van der Waals surface area contributed by atoms with Crippen molar-refractivity contribution in [3.63, 3.8) is 0 Å². The Morgan fingerprint density at radius 3 is 2.52 bits per heavy atom. The summed E-state index contributed by atoms with van der Waals surface area (Å²) in [5, 5.41) is 6.59. The lowest BCUT2D eigenvalue weighted by Crippen LogP contribution is -2.43. The molecule has 1 unspecified atom stereocenters. The number of unbranched alkanes of at least 4 members (excludes halogenated alkanes) is 2. The minimum atomic E-state index is -0.803. The van der Waals surface area contributed by atoms with Crippen LogP contribution in [0.5, 0.6) is 0 Å². The van der Waals surface area contributed by atoms with E-state index >= 15 is 0 Å². The van der Waals surface area contributed by atoms with Crippen LogP contribution in [0.15, 0.2) is 29.4 Å². The molecule has 0 aliphatic carbocycles. The van der Waals surface area contributed by atoms with Crippen molar-refractivity contribution in [2.45, 2.75) is 52.5 Å². The van der Waals surface area contributed by atoms with Crippen molar-refractivity contribution in [2.24, 2.45) is 5.11 Å². The molecule has 0 radical (unpaired) electrons. The summed E-state index contributed by atoms with van der Waals surface area (Å²) in [6.07, 6.45) is 3.53. The third kappa shape index (κ3) is 6.12. The molecule has 0 aliphatic heterocycles. The summed E-state index contributed by atoms with van der Waals surface area (Å²) in [6, 6.07) is 6.10. The van der Waals surface area contributed by atoms with E-state index in [1.807, 2.05) is 13.8 Å². The molecule has 1 aromatic carbocycles. The molecular weight excluding hydrogens is 318 g/mol.